The molecule has 1 amide bonds. The van der Waals surface area contributed by atoms with Crippen LogP contribution in [-0.4, -0.2) is 15.9 Å². The normalized spacial score (nSPS) is 12.9. The predicted molar refractivity (Wildman–Crippen MR) is 87.2 cm³/mol. The Morgan fingerprint density at radius 1 is 1.30 bits per heavy atom. The first kappa shape index (κ1) is 18.0. The summed E-state index contributed by atoms with van der Waals surface area (Å²) in [5, 5.41) is 6.35. The molecule has 0 heterocycles. The second-order valence-corrected chi connectivity index (χ2v) is 7.27. The van der Waals surface area contributed by atoms with Gasteiger partial charge < -0.3 is 10.6 Å². The van der Waals surface area contributed by atoms with Gasteiger partial charge in [-0.1, -0.05) is 64.9 Å². The van der Waals surface area contributed by atoms with Gasteiger partial charge >= 0.3 is 0 Å². The van der Waals surface area contributed by atoms with Crippen molar-refractivity contribution in [2.24, 2.45) is 0 Å². The molecule has 8 heteroatoms. The molecule has 0 spiro atoms. The van der Waals surface area contributed by atoms with Gasteiger partial charge in [0.2, 0.25) is 9.70 Å². The van der Waals surface area contributed by atoms with Crippen LogP contribution in [0.25, 0.3) is 0 Å². The number of carbonyl (C=O) groups excluding carboxylic acids is 1. The van der Waals surface area contributed by atoms with Gasteiger partial charge in [-0.3, -0.25) is 4.79 Å². The van der Waals surface area contributed by atoms with Gasteiger partial charge in [-0.05, 0) is 24.6 Å². The molecule has 1 atom stereocenters. The molecule has 112 valence electrons. The number of amides is 1. The lowest BCUT2D eigenvalue weighted by atomic mass is 10.3. The van der Waals surface area contributed by atoms with Crippen LogP contribution in [0.15, 0.2) is 18.2 Å². The maximum absolute atomic E-state index is 11.6. The molecule has 1 aromatic rings. The van der Waals surface area contributed by atoms with Crippen LogP contribution in [0, 0.1) is 0 Å². The highest BCUT2D eigenvalue weighted by molar-refractivity contribution is 6.68. The summed E-state index contributed by atoms with van der Waals surface area (Å²) in [4.78, 5) is 11.6. The molecule has 0 radical (unpaired) electrons. The highest BCUT2D eigenvalue weighted by Gasteiger charge is 2.34. The second-order valence-electron chi connectivity index (χ2n) is 4.06. The van der Waals surface area contributed by atoms with Gasteiger partial charge in [-0.2, -0.15) is 0 Å². The Hall–Kier alpha value is -0.0600. The Bertz CT molecular complexity index is 475. The van der Waals surface area contributed by atoms with E-state index in [1.807, 2.05) is 6.92 Å². The van der Waals surface area contributed by atoms with Gasteiger partial charge in [0, 0.05) is 11.4 Å². The third-order valence-electron chi connectivity index (χ3n) is 2.34. The Morgan fingerprint density at radius 2 is 1.95 bits per heavy atom. The van der Waals surface area contributed by atoms with Gasteiger partial charge in [0.1, 0.15) is 6.17 Å². The number of carbonyl (C=O) groups is 1. The summed E-state index contributed by atoms with van der Waals surface area (Å²) in [5.74, 6) is -0.221. The topological polar surface area (TPSA) is 41.1 Å². The Kier molecular flexibility index (Phi) is 7.02. The van der Waals surface area contributed by atoms with Crippen molar-refractivity contribution < 1.29 is 4.79 Å². The molecular weight excluding hydrogens is 365 g/mol. The summed E-state index contributed by atoms with van der Waals surface area (Å²) < 4.78 is -1.73. The van der Waals surface area contributed by atoms with Crippen LogP contribution >= 0.6 is 58.0 Å². The molecule has 0 fully saturated rings. The van der Waals surface area contributed by atoms with Crippen LogP contribution < -0.4 is 10.6 Å². The van der Waals surface area contributed by atoms with Crippen LogP contribution in [0.4, 0.5) is 5.69 Å². The van der Waals surface area contributed by atoms with Crippen LogP contribution in [-0.2, 0) is 4.79 Å². The quantitative estimate of drug-likeness (QED) is 0.558. The van der Waals surface area contributed by atoms with E-state index in [1.54, 1.807) is 18.2 Å². The Balaban J connectivity index is 2.87. The minimum Gasteiger partial charge on any atom is -0.361 e. The fraction of sp³-hybridized carbons (Fsp3) is 0.417. The molecule has 2 N–H and O–H groups in total. The Labute approximate surface area is 142 Å². The highest BCUT2D eigenvalue weighted by Crippen LogP contribution is 2.33. The van der Waals surface area contributed by atoms with Gasteiger partial charge in [0.15, 0.2) is 0 Å². The molecular formula is C12H13Cl5N2O. The highest BCUT2D eigenvalue weighted by atomic mass is 35.6. The number of rotatable bonds is 5. The second kappa shape index (κ2) is 7.81. The minimum atomic E-state index is -1.73. The monoisotopic (exact) mass is 376 g/mol. The van der Waals surface area contributed by atoms with Gasteiger partial charge in [0.25, 0.3) is 0 Å². The Morgan fingerprint density at radius 3 is 2.45 bits per heavy atom. The molecule has 0 saturated heterocycles. The van der Waals surface area contributed by atoms with Crippen molar-refractivity contribution >= 4 is 69.6 Å². The number of benzene rings is 1. The molecule has 0 aliphatic rings. The SMILES string of the molecule is CCCC(=O)NC(Nc1ccc(Cl)cc1Cl)C(Cl)(Cl)Cl. The van der Waals surface area contributed by atoms with E-state index in [4.69, 9.17) is 58.0 Å². The van der Waals surface area contributed by atoms with Crippen molar-refractivity contribution in [3.63, 3.8) is 0 Å². The lowest BCUT2D eigenvalue weighted by Gasteiger charge is -2.27. The van der Waals surface area contributed by atoms with Crippen molar-refractivity contribution in [3.8, 4) is 0 Å². The fourth-order valence-electron chi connectivity index (χ4n) is 1.42. The lowest BCUT2D eigenvalue weighted by molar-refractivity contribution is -0.121. The summed E-state index contributed by atoms with van der Waals surface area (Å²) in [6.07, 6.45) is 0.123. The molecule has 0 aliphatic heterocycles. The maximum atomic E-state index is 11.6. The summed E-state index contributed by atoms with van der Waals surface area (Å²) in [7, 11) is 0. The van der Waals surface area contributed by atoms with Gasteiger partial charge in [-0.15, -0.1) is 0 Å². The van der Waals surface area contributed by atoms with Crippen LogP contribution in [0.2, 0.25) is 10.0 Å². The lowest BCUT2D eigenvalue weighted by Crippen LogP contribution is -2.49. The van der Waals surface area contributed by atoms with E-state index in [9.17, 15) is 4.79 Å². The van der Waals surface area contributed by atoms with Crippen molar-refractivity contribution in [2.45, 2.75) is 29.7 Å². The van der Waals surface area contributed by atoms with Crippen LogP contribution in [0.1, 0.15) is 19.8 Å². The third kappa shape index (κ3) is 5.74. The summed E-state index contributed by atoms with van der Waals surface area (Å²) >= 11 is 29.4. The van der Waals surface area contributed by atoms with Crippen molar-refractivity contribution in [1.82, 2.24) is 5.32 Å². The molecule has 3 nitrogen and oxygen atoms in total. The van der Waals surface area contributed by atoms with Gasteiger partial charge in [-0.25, -0.2) is 0 Å². The first-order valence-corrected chi connectivity index (χ1v) is 7.70. The van der Waals surface area contributed by atoms with Crippen molar-refractivity contribution in [3.05, 3.63) is 28.2 Å². The maximum Gasteiger partial charge on any atom is 0.228 e. The predicted octanol–water partition coefficient (Wildman–Crippen LogP) is 5.02. The largest absolute Gasteiger partial charge is 0.361 e. The first-order valence-electron chi connectivity index (χ1n) is 5.81. The summed E-state index contributed by atoms with van der Waals surface area (Å²) in [6.45, 7) is 1.88. The van der Waals surface area contributed by atoms with E-state index in [0.717, 1.165) is 0 Å². The third-order valence-corrected chi connectivity index (χ3v) is 3.54. The minimum absolute atomic E-state index is 0.221. The number of hydrogen-bond acceptors (Lipinski definition) is 2. The number of halogens is 5. The molecule has 20 heavy (non-hydrogen) atoms. The number of nitrogens with one attached hydrogen (secondary N) is 2. The molecule has 1 aromatic carbocycles. The standard InChI is InChI=1S/C12H13Cl5N2O/c1-2-3-10(20)19-11(12(15,16)17)18-9-5-4-7(13)6-8(9)14/h4-6,11,18H,2-3H2,1H3,(H,19,20). The number of hydrogen-bond donors (Lipinski definition) is 2. The number of anilines is 1. The zero-order chi connectivity index (χ0) is 15.3. The average molecular weight is 379 g/mol. The van der Waals surface area contributed by atoms with Crippen LogP contribution in [0.3, 0.4) is 0 Å². The smallest absolute Gasteiger partial charge is 0.228 e. The van der Waals surface area contributed by atoms with Crippen LogP contribution in [0.5, 0.6) is 0 Å². The molecule has 0 aromatic heterocycles. The molecule has 1 unspecified atom stereocenters. The first-order chi connectivity index (χ1) is 9.24. The fourth-order valence-corrected chi connectivity index (χ4v) is 2.21. The van der Waals surface area contributed by atoms with Gasteiger partial charge in [0.05, 0.1) is 10.7 Å². The van der Waals surface area contributed by atoms with E-state index in [0.29, 0.717) is 28.6 Å². The molecule has 0 bridgehead atoms. The zero-order valence-electron chi connectivity index (χ0n) is 10.5. The summed E-state index contributed by atoms with van der Waals surface area (Å²) in [5.41, 5.74) is 0.504. The van der Waals surface area contributed by atoms with E-state index < -0.39 is 9.96 Å². The van der Waals surface area contributed by atoms with E-state index in [2.05, 4.69) is 10.6 Å². The number of alkyl halides is 3. The van der Waals surface area contributed by atoms with Crippen molar-refractivity contribution in [1.29, 1.82) is 0 Å². The van der Waals surface area contributed by atoms with Crippen molar-refractivity contribution in [2.75, 3.05) is 5.32 Å². The van der Waals surface area contributed by atoms with E-state index in [-0.39, 0.29) is 5.91 Å². The molecule has 0 saturated carbocycles. The van der Waals surface area contributed by atoms with E-state index in [1.165, 1.54) is 0 Å². The molecule has 0 aliphatic carbocycles. The van der Waals surface area contributed by atoms with E-state index >= 15 is 0 Å². The summed E-state index contributed by atoms with van der Waals surface area (Å²) in [6, 6.07) is 4.83. The molecule has 1 rings (SSSR count). The zero-order valence-corrected chi connectivity index (χ0v) is 14.3. The average Bonchev–Trinajstić information content (AvgIpc) is 2.30.